The van der Waals surface area contributed by atoms with E-state index in [2.05, 4.69) is 52.8 Å². The fourth-order valence-corrected chi connectivity index (χ4v) is 4.67. The standard InChI is InChI=1S/C24H22N4OS/c29-23(16-30-24-25-12-13-26-24)28-22(18-7-2-1-3-8-18)15-21(27-28)20-11-10-17-6-4-5-9-19(17)14-20/h1-11,14,22H,12-13,15-16H2,(H,25,26)/t22-/m0/s1. The molecule has 0 unspecified atom stereocenters. The minimum Gasteiger partial charge on any atom is -0.363 e. The van der Waals surface area contributed by atoms with Gasteiger partial charge in [0, 0.05) is 13.0 Å². The van der Waals surface area contributed by atoms with Crippen LogP contribution in [0.15, 0.2) is 82.9 Å². The minimum absolute atomic E-state index is 0.000965. The van der Waals surface area contributed by atoms with E-state index < -0.39 is 0 Å². The molecule has 0 saturated carbocycles. The molecule has 0 bridgehead atoms. The molecule has 0 fully saturated rings. The summed E-state index contributed by atoms with van der Waals surface area (Å²) in [6.45, 7) is 1.62. The van der Waals surface area contributed by atoms with Crippen LogP contribution in [0.3, 0.4) is 0 Å². The van der Waals surface area contributed by atoms with Crippen LogP contribution in [-0.4, -0.2) is 40.6 Å². The third-order valence-electron chi connectivity index (χ3n) is 5.41. The number of carbonyl (C=O) groups is 1. The first kappa shape index (κ1) is 18.9. The molecule has 5 nitrogen and oxygen atoms in total. The molecule has 6 heteroatoms. The summed E-state index contributed by atoms with van der Waals surface area (Å²) in [6.07, 6.45) is 0.706. The maximum Gasteiger partial charge on any atom is 0.253 e. The largest absolute Gasteiger partial charge is 0.363 e. The van der Waals surface area contributed by atoms with Gasteiger partial charge in [-0.1, -0.05) is 78.5 Å². The Morgan fingerprint density at radius 1 is 1.03 bits per heavy atom. The van der Waals surface area contributed by atoms with Gasteiger partial charge in [-0.25, -0.2) is 5.01 Å². The Bertz CT molecular complexity index is 1140. The zero-order chi connectivity index (χ0) is 20.3. The molecule has 0 saturated heterocycles. The van der Waals surface area contributed by atoms with E-state index >= 15 is 0 Å². The van der Waals surface area contributed by atoms with Crippen molar-refractivity contribution in [2.75, 3.05) is 18.8 Å². The number of hydrazone groups is 1. The molecule has 1 amide bonds. The number of rotatable bonds is 4. The predicted molar refractivity (Wildman–Crippen MR) is 124 cm³/mol. The number of hydrogen-bond acceptors (Lipinski definition) is 5. The van der Waals surface area contributed by atoms with Crippen LogP contribution >= 0.6 is 11.8 Å². The van der Waals surface area contributed by atoms with E-state index in [0.717, 1.165) is 35.1 Å². The maximum absolute atomic E-state index is 13.1. The van der Waals surface area contributed by atoms with Gasteiger partial charge in [0.25, 0.3) is 5.91 Å². The third kappa shape index (κ3) is 3.83. The van der Waals surface area contributed by atoms with Crippen LogP contribution in [0, 0.1) is 0 Å². The SMILES string of the molecule is O=C(CSC1=NCCN1)N1N=C(c2ccc3ccccc3c2)C[C@H]1c1ccccc1. The second kappa shape index (κ2) is 8.32. The van der Waals surface area contributed by atoms with Crippen molar-refractivity contribution in [1.29, 1.82) is 0 Å². The molecule has 1 atom stereocenters. The van der Waals surface area contributed by atoms with E-state index in [9.17, 15) is 4.79 Å². The lowest BCUT2D eigenvalue weighted by atomic mass is 9.97. The first-order chi connectivity index (χ1) is 14.8. The average molecular weight is 415 g/mol. The van der Waals surface area contributed by atoms with E-state index in [4.69, 9.17) is 5.10 Å². The van der Waals surface area contributed by atoms with Gasteiger partial charge in [0.15, 0.2) is 5.17 Å². The van der Waals surface area contributed by atoms with Crippen LogP contribution in [-0.2, 0) is 4.79 Å². The van der Waals surface area contributed by atoms with E-state index in [1.165, 1.54) is 22.5 Å². The Hall–Kier alpha value is -3.12. The van der Waals surface area contributed by atoms with Crippen molar-refractivity contribution >= 4 is 39.3 Å². The zero-order valence-electron chi connectivity index (χ0n) is 16.5. The van der Waals surface area contributed by atoms with Crippen LogP contribution < -0.4 is 5.32 Å². The van der Waals surface area contributed by atoms with E-state index in [0.29, 0.717) is 12.2 Å². The summed E-state index contributed by atoms with van der Waals surface area (Å²) in [6, 6.07) is 24.8. The van der Waals surface area contributed by atoms with Crippen LogP contribution in [0.1, 0.15) is 23.6 Å². The first-order valence-corrected chi connectivity index (χ1v) is 11.1. The quantitative estimate of drug-likeness (QED) is 0.696. The molecule has 0 radical (unpaired) electrons. The van der Waals surface area contributed by atoms with Crippen LogP contribution in [0.25, 0.3) is 10.8 Å². The van der Waals surface area contributed by atoms with Crippen molar-refractivity contribution in [2.24, 2.45) is 10.1 Å². The summed E-state index contributed by atoms with van der Waals surface area (Å²) >= 11 is 1.45. The second-order valence-electron chi connectivity index (χ2n) is 7.38. The highest BCUT2D eigenvalue weighted by Gasteiger charge is 2.33. The lowest BCUT2D eigenvalue weighted by molar-refractivity contribution is -0.130. The molecule has 5 rings (SSSR count). The third-order valence-corrected chi connectivity index (χ3v) is 6.35. The van der Waals surface area contributed by atoms with Crippen molar-refractivity contribution in [3.05, 3.63) is 83.9 Å². The fraction of sp³-hybridized carbons (Fsp3) is 0.208. The number of fused-ring (bicyclic) bond motifs is 1. The minimum atomic E-state index is -0.0840. The molecule has 0 spiro atoms. The fourth-order valence-electron chi connectivity index (χ4n) is 3.89. The maximum atomic E-state index is 13.1. The van der Waals surface area contributed by atoms with Gasteiger partial charge >= 0.3 is 0 Å². The summed E-state index contributed by atoms with van der Waals surface area (Å²) in [4.78, 5) is 17.5. The molecule has 2 aliphatic rings. The van der Waals surface area contributed by atoms with Crippen LogP contribution in [0.5, 0.6) is 0 Å². The summed E-state index contributed by atoms with van der Waals surface area (Å²) in [5, 5.41) is 12.9. The molecule has 2 heterocycles. The summed E-state index contributed by atoms with van der Waals surface area (Å²) in [5.41, 5.74) is 3.12. The van der Waals surface area contributed by atoms with Gasteiger partial charge in [0.05, 0.1) is 24.1 Å². The molecule has 0 aliphatic carbocycles. The van der Waals surface area contributed by atoms with Crippen molar-refractivity contribution in [1.82, 2.24) is 10.3 Å². The van der Waals surface area contributed by atoms with Crippen molar-refractivity contribution < 1.29 is 4.79 Å². The molecular formula is C24H22N4OS. The molecule has 30 heavy (non-hydrogen) atoms. The van der Waals surface area contributed by atoms with Gasteiger partial charge < -0.3 is 5.32 Å². The number of amidine groups is 1. The number of hydrogen-bond donors (Lipinski definition) is 1. The Morgan fingerprint density at radius 3 is 2.63 bits per heavy atom. The summed E-state index contributed by atoms with van der Waals surface area (Å²) < 4.78 is 0. The smallest absolute Gasteiger partial charge is 0.253 e. The van der Waals surface area contributed by atoms with E-state index in [-0.39, 0.29) is 11.9 Å². The molecule has 1 N–H and O–H groups in total. The Balaban J connectivity index is 1.43. The lowest BCUT2D eigenvalue weighted by Crippen LogP contribution is -2.29. The zero-order valence-corrected chi connectivity index (χ0v) is 17.3. The van der Waals surface area contributed by atoms with Gasteiger partial charge in [0.1, 0.15) is 0 Å². The molecule has 3 aromatic rings. The Kier molecular flexibility index (Phi) is 5.24. The number of amides is 1. The monoisotopic (exact) mass is 414 g/mol. The number of nitrogens with one attached hydrogen (secondary N) is 1. The molecular weight excluding hydrogens is 392 g/mol. The van der Waals surface area contributed by atoms with Gasteiger partial charge in [0.2, 0.25) is 0 Å². The Morgan fingerprint density at radius 2 is 1.83 bits per heavy atom. The second-order valence-corrected chi connectivity index (χ2v) is 8.34. The molecule has 2 aliphatic heterocycles. The topological polar surface area (TPSA) is 57.1 Å². The molecule has 0 aromatic heterocycles. The molecule has 3 aromatic carbocycles. The number of aliphatic imine (C=N–C) groups is 1. The van der Waals surface area contributed by atoms with Gasteiger partial charge in [-0.2, -0.15) is 5.10 Å². The van der Waals surface area contributed by atoms with Gasteiger partial charge in [-0.15, -0.1) is 0 Å². The highest BCUT2D eigenvalue weighted by atomic mass is 32.2. The Labute approximate surface area is 179 Å². The van der Waals surface area contributed by atoms with E-state index in [1.807, 2.05) is 30.3 Å². The van der Waals surface area contributed by atoms with Crippen LogP contribution in [0.2, 0.25) is 0 Å². The van der Waals surface area contributed by atoms with Crippen molar-refractivity contribution in [2.45, 2.75) is 12.5 Å². The number of carbonyl (C=O) groups excluding carboxylic acids is 1. The normalized spacial score (nSPS) is 18.3. The van der Waals surface area contributed by atoms with Gasteiger partial charge in [-0.05, 0) is 28.0 Å². The van der Waals surface area contributed by atoms with Crippen molar-refractivity contribution in [3.8, 4) is 0 Å². The van der Waals surface area contributed by atoms with Crippen molar-refractivity contribution in [3.63, 3.8) is 0 Å². The summed E-state index contributed by atoms with van der Waals surface area (Å²) in [5.74, 6) is 0.324. The highest BCUT2D eigenvalue weighted by molar-refractivity contribution is 8.14. The number of thioether (sulfide) groups is 1. The predicted octanol–water partition coefficient (Wildman–Crippen LogP) is 4.21. The highest BCUT2D eigenvalue weighted by Crippen LogP contribution is 2.33. The molecule has 150 valence electrons. The number of benzene rings is 3. The van der Waals surface area contributed by atoms with Gasteiger partial charge in [-0.3, -0.25) is 9.79 Å². The van der Waals surface area contributed by atoms with E-state index in [1.54, 1.807) is 5.01 Å². The first-order valence-electron chi connectivity index (χ1n) is 10.1. The number of nitrogens with zero attached hydrogens (tertiary/aromatic N) is 3. The summed E-state index contributed by atoms with van der Waals surface area (Å²) in [7, 11) is 0. The average Bonchev–Trinajstić information content (AvgIpc) is 3.48. The van der Waals surface area contributed by atoms with Crippen LogP contribution in [0.4, 0.5) is 0 Å². The lowest BCUT2D eigenvalue weighted by Gasteiger charge is -2.21.